The highest BCUT2D eigenvalue weighted by molar-refractivity contribution is 9.10. The third-order valence-corrected chi connectivity index (χ3v) is 7.06. The third-order valence-electron chi connectivity index (χ3n) is 5.48. The zero-order valence-corrected chi connectivity index (χ0v) is 22.4. The highest BCUT2D eigenvalue weighted by Crippen LogP contribution is 2.40. The van der Waals surface area contributed by atoms with Gasteiger partial charge in [-0.25, -0.2) is 9.48 Å². The summed E-state index contributed by atoms with van der Waals surface area (Å²) in [5.74, 6) is 2.21. The van der Waals surface area contributed by atoms with Crippen LogP contribution in [0.2, 0.25) is 0 Å². The van der Waals surface area contributed by atoms with Crippen LogP contribution in [-0.4, -0.2) is 40.7 Å². The van der Waals surface area contributed by atoms with E-state index in [-0.39, 0.29) is 0 Å². The van der Waals surface area contributed by atoms with E-state index in [9.17, 15) is 4.79 Å². The molecule has 35 heavy (non-hydrogen) atoms. The number of thioether (sulfide) groups is 1. The molecule has 184 valence electrons. The van der Waals surface area contributed by atoms with Crippen molar-refractivity contribution in [1.29, 1.82) is 0 Å². The minimum atomic E-state index is -0.531. The molecule has 8 nitrogen and oxygen atoms in total. The Balaban J connectivity index is 1.69. The fourth-order valence-electron chi connectivity index (χ4n) is 3.78. The smallest absolute Gasteiger partial charge is 0.338 e. The van der Waals surface area contributed by atoms with E-state index in [4.69, 9.17) is 19.3 Å². The lowest BCUT2D eigenvalue weighted by Gasteiger charge is -2.28. The van der Waals surface area contributed by atoms with E-state index in [0.717, 1.165) is 27.8 Å². The number of nitrogens with one attached hydrogen (secondary N) is 1. The number of aromatic nitrogens is 3. The average Bonchev–Trinajstić information content (AvgIpc) is 3.28. The average molecular weight is 559 g/mol. The summed E-state index contributed by atoms with van der Waals surface area (Å²) >= 11 is 5.02. The number of allylic oxidation sites excluding steroid dienone is 1. The molecule has 10 heteroatoms. The van der Waals surface area contributed by atoms with Crippen LogP contribution in [0.4, 0.5) is 5.95 Å². The van der Waals surface area contributed by atoms with E-state index in [0.29, 0.717) is 40.5 Å². The standard InChI is InChI=1S/C25H27BrN4O4S/c1-5-12-35-25-28-24-27-15(2)21(23(31)33-4)22(30(24)29-25)17-8-11-19(20(13-17)32-3)34-14-16-6-9-18(26)10-7-16/h6-11,13,22H,5,12,14H2,1-4H3,(H,27,28,29). The van der Waals surface area contributed by atoms with Crippen molar-refractivity contribution in [2.75, 3.05) is 25.3 Å². The number of benzene rings is 2. The van der Waals surface area contributed by atoms with Gasteiger partial charge >= 0.3 is 5.97 Å². The first-order valence-electron chi connectivity index (χ1n) is 11.2. The molecule has 1 aromatic heterocycles. The summed E-state index contributed by atoms with van der Waals surface area (Å²) in [5, 5.41) is 8.55. The van der Waals surface area contributed by atoms with Gasteiger partial charge in [-0.2, -0.15) is 4.98 Å². The Hall–Kier alpha value is -2.98. The molecule has 2 aromatic carbocycles. The zero-order valence-electron chi connectivity index (χ0n) is 20.0. The van der Waals surface area contributed by atoms with Crippen molar-refractivity contribution >= 4 is 39.6 Å². The van der Waals surface area contributed by atoms with E-state index in [1.165, 1.54) is 7.11 Å². The summed E-state index contributed by atoms with van der Waals surface area (Å²) in [7, 11) is 2.97. The normalized spacial score (nSPS) is 14.8. The molecular weight excluding hydrogens is 532 g/mol. The second-order valence-corrected chi connectivity index (χ2v) is 9.87. The summed E-state index contributed by atoms with van der Waals surface area (Å²) in [5.41, 5.74) is 2.97. The number of rotatable bonds is 9. The zero-order chi connectivity index (χ0) is 24.9. The molecule has 1 unspecified atom stereocenters. The largest absolute Gasteiger partial charge is 0.493 e. The van der Waals surface area contributed by atoms with Gasteiger partial charge in [-0.05, 0) is 48.7 Å². The molecule has 0 amide bonds. The van der Waals surface area contributed by atoms with Gasteiger partial charge in [0.25, 0.3) is 0 Å². The molecule has 0 fully saturated rings. The topological polar surface area (TPSA) is 87.5 Å². The lowest BCUT2D eigenvalue weighted by atomic mass is 9.95. The van der Waals surface area contributed by atoms with Crippen molar-refractivity contribution in [2.24, 2.45) is 0 Å². The van der Waals surface area contributed by atoms with E-state index < -0.39 is 12.0 Å². The van der Waals surface area contributed by atoms with Crippen LogP contribution in [0.1, 0.15) is 37.4 Å². The number of carbonyl (C=O) groups excluding carboxylic acids is 1. The van der Waals surface area contributed by atoms with Gasteiger partial charge < -0.3 is 19.5 Å². The lowest BCUT2D eigenvalue weighted by Crippen LogP contribution is -2.29. The summed E-state index contributed by atoms with van der Waals surface area (Å²) < 4.78 is 19.5. The minimum Gasteiger partial charge on any atom is -0.493 e. The van der Waals surface area contributed by atoms with E-state index in [1.54, 1.807) is 23.6 Å². The molecule has 3 aromatic rings. The van der Waals surface area contributed by atoms with Gasteiger partial charge in [0.05, 0.1) is 19.8 Å². The molecule has 0 saturated heterocycles. The molecule has 2 heterocycles. The van der Waals surface area contributed by atoms with E-state index in [1.807, 2.05) is 49.4 Å². The van der Waals surface area contributed by atoms with E-state index in [2.05, 4.69) is 33.2 Å². The van der Waals surface area contributed by atoms with Gasteiger partial charge in [-0.1, -0.05) is 52.8 Å². The van der Waals surface area contributed by atoms with Crippen molar-refractivity contribution in [3.05, 3.63) is 69.3 Å². The van der Waals surface area contributed by atoms with E-state index >= 15 is 0 Å². The minimum absolute atomic E-state index is 0.397. The van der Waals surface area contributed by atoms with Crippen LogP contribution in [0.15, 0.2) is 63.4 Å². The van der Waals surface area contributed by atoms with Crippen LogP contribution in [-0.2, 0) is 16.1 Å². The number of nitrogens with zero attached hydrogens (tertiary/aromatic N) is 3. The van der Waals surface area contributed by atoms with Gasteiger partial charge in [0.2, 0.25) is 11.1 Å². The molecule has 0 aliphatic carbocycles. The number of hydrogen-bond donors (Lipinski definition) is 1. The molecule has 4 rings (SSSR count). The third kappa shape index (κ3) is 5.48. The van der Waals surface area contributed by atoms with Gasteiger partial charge in [-0.15, -0.1) is 5.10 Å². The first kappa shape index (κ1) is 25.1. The predicted octanol–water partition coefficient (Wildman–Crippen LogP) is 5.59. The Morgan fingerprint density at radius 1 is 1.17 bits per heavy atom. The molecule has 0 bridgehead atoms. The fraction of sp³-hybridized carbons (Fsp3) is 0.320. The van der Waals surface area contributed by atoms with Crippen molar-refractivity contribution < 1.29 is 19.0 Å². The first-order valence-corrected chi connectivity index (χ1v) is 12.9. The summed E-state index contributed by atoms with van der Waals surface area (Å²) in [6, 6.07) is 13.0. The molecular formula is C25H27BrN4O4S. The maximum absolute atomic E-state index is 12.8. The Labute approximate surface area is 217 Å². The second-order valence-electron chi connectivity index (χ2n) is 7.89. The number of anilines is 1. The highest BCUT2D eigenvalue weighted by atomic mass is 79.9. The first-order chi connectivity index (χ1) is 16.9. The molecule has 1 aliphatic heterocycles. The molecule has 1 atom stereocenters. The quantitative estimate of drug-likeness (QED) is 0.268. The highest BCUT2D eigenvalue weighted by Gasteiger charge is 2.35. The molecule has 0 radical (unpaired) electrons. The Kier molecular flexibility index (Phi) is 8.02. The SMILES string of the molecule is CCCSc1nc2n(n1)C(c1ccc(OCc3ccc(Br)cc3)c(OC)c1)C(C(=O)OC)=C(C)N2. The lowest BCUT2D eigenvalue weighted by molar-refractivity contribution is -0.136. The number of ether oxygens (including phenoxy) is 3. The number of halogens is 1. The van der Waals surface area contributed by atoms with Crippen molar-refractivity contribution in [3.8, 4) is 11.5 Å². The molecule has 0 saturated carbocycles. The Morgan fingerprint density at radius 2 is 1.94 bits per heavy atom. The van der Waals surface area contributed by atoms with Crippen LogP contribution in [0.3, 0.4) is 0 Å². The number of fused-ring (bicyclic) bond motifs is 1. The predicted molar refractivity (Wildman–Crippen MR) is 139 cm³/mol. The van der Waals surface area contributed by atoms with Crippen molar-refractivity contribution in [2.45, 2.75) is 38.1 Å². The Bertz CT molecular complexity index is 1240. The van der Waals surface area contributed by atoms with Crippen LogP contribution < -0.4 is 14.8 Å². The number of hydrogen-bond acceptors (Lipinski definition) is 8. The number of methoxy groups -OCH3 is 2. The fourth-order valence-corrected chi connectivity index (χ4v) is 4.73. The Morgan fingerprint density at radius 3 is 2.63 bits per heavy atom. The van der Waals surface area contributed by atoms with Crippen LogP contribution in [0, 0.1) is 0 Å². The summed E-state index contributed by atoms with van der Waals surface area (Å²) in [6.45, 7) is 4.34. The van der Waals surface area contributed by atoms with Crippen molar-refractivity contribution in [3.63, 3.8) is 0 Å². The number of carbonyl (C=O) groups is 1. The van der Waals surface area contributed by atoms with Crippen molar-refractivity contribution in [1.82, 2.24) is 14.8 Å². The summed E-state index contributed by atoms with van der Waals surface area (Å²) in [4.78, 5) is 17.4. The number of esters is 1. The molecule has 1 N–H and O–H groups in total. The van der Waals surface area contributed by atoms with Gasteiger partial charge in [0.15, 0.2) is 11.5 Å². The monoisotopic (exact) mass is 558 g/mol. The maximum atomic E-state index is 12.8. The molecule has 0 spiro atoms. The molecule has 1 aliphatic rings. The van der Waals surface area contributed by atoms with Crippen LogP contribution >= 0.6 is 27.7 Å². The van der Waals surface area contributed by atoms with Gasteiger partial charge in [0.1, 0.15) is 12.6 Å². The maximum Gasteiger partial charge on any atom is 0.338 e. The second kappa shape index (κ2) is 11.2. The van der Waals surface area contributed by atoms with Gasteiger partial charge in [0, 0.05) is 15.9 Å². The summed E-state index contributed by atoms with van der Waals surface area (Å²) in [6.07, 6.45) is 1.01. The van der Waals surface area contributed by atoms with Gasteiger partial charge in [-0.3, -0.25) is 0 Å². The van der Waals surface area contributed by atoms with Crippen LogP contribution in [0.5, 0.6) is 11.5 Å². The van der Waals surface area contributed by atoms with Crippen LogP contribution in [0.25, 0.3) is 0 Å².